The summed E-state index contributed by atoms with van der Waals surface area (Å²) in [6.45, 7) is 8.26. The zero-order valence-corrected chi connectivity index (χ0v) is 13.4. The van der Waals surface area contributed by atoms with E-state index >= 15 is 0 Å². The van der Waals surface area contributed by atoms with Gasteiger partial charge in [-0.3, -0.25) is 4.79 Å². The van der Waals surface area contributed by atoms with Gasteiger partial charge in [-0.1, -0.05) is 19.8 Å². The fourth-order valence-electron chi connectivity index (χ4n) is 3.16. The Balaban J connectivity index is 1.58. The number of nitrogens with zero attached hydrogens (tertiary/aromatic N) is 1. The third kappa shape index (κ3) is 5.93. The zero-order valence-electron chi connectivity index (χ0n) is 13.4. The van der Waals surface area contributed by atoms with Gasteiger partial charge in [0, 0.05) is 32.7 Å². The Bertz CT molecular complexity index is 300. The topological polar surface area (TPSA) is 53.6 Å². The molecule has 2 fully saturated rings. The number of carbonyl (C=O) groups excluding carboxylic acids is 1. The molecule has 0 aromatic carbocycles. The minimum atomic E-state index is -0.257. The highest BCUT2D eigenvalue weighted by molar-refractivity contribution is 5.80. The van der Waals surface area contributed by atoms with Crippen molar-refractivity contribution >= 4 is 5.91 Å². The van der Waals surface area contributed by atoms with Gasteiger partial charge in [-0.2, -0.15) is 0 Å². The predicted molar refractivity (Wildman–Crippen MR) is 84.4 cm³/mol. The molecular formula is C16H31N3O2. The Morgan fingerprint density at radius 3 is 2.71 bits per heavy atom. The molecule has 1 saturated heterocycles. The lowest BCUT2D eigenvalue weighted by molar-refractivity contribution is -0.136. The average molecular weight is 297 g/mol. The summed E-state index contributed by atoms with van der Waals surface area (Å²) in [6.07, 6.45) is 6.56. The van der Waals surface area contributed by atoms with Gasteiger partial charge in [0.15, 0.2) is 0 Å². The largest absolute Gasteiger partial charge is 0.365 e. The lowest BCUT2D eigenvalue weighted by atomic mass is 10.2. The molecule has 1 amide bonds. The Hall–Kier alpha value is -0.650. The summed E-state index contributed by atoms with van der Waals surface area (Å²) in [4.78, 5) is 14.6. The van der Waals surface area contributed by atoms with E-state index in [1.54, 1.807) is 0 Å². The molecule has 1 atom stereocenters. The van der Waals surface area contributed by atoms with Gasteiger partial charge in [0.25, 0.3) is 0 Å². The summed E-state index contributed by atoms with van der Waals surface area (Å²) < 4.78 is 5.94. The quantitative estimate of drug-likeness (QED) is 0.660. The fraction of sp³-hybridized carbons (Fsp3) is 0.938. The van der Waals surface area contributed by atoms with Crippen molar-refractivity contribution in [3.63, 3.8) is 0 Å². The third-order valence-corrected chi connectivity index (χ3v) is 4.48. The van der Waals surface area contributed by atoms with E-state index in [0.717, 1.165) is 65.0 Å². The van der Waals surface area contributed by atoms with Crippen LogP contribution in [0.25, 0.3) is 0 Å². The number of rotatable bonds is 8. The van der Waals surface area contributed by atoms with Gasteiger partial charge in [0.05, 0.1) is 6.10 Å². The van der Waals surface area contributed by atoms with E-state index in [0.29, 0.717) is 6.10 Å². The van der Waals surface area contributed by atoms with Crippen LogP contribution in [0.3, 0.4) is 0 Å². The number of carbonyl (C=O) groups is 1. The Labute approximate surface area is 128 Å². The molecule has 0 aromatic heterocycles. The van der Waals surface area contributed by atoms with Gasteiger partial charge in [0.2, 0.25) is 5.91 Å². The summed E-state index contributed by atoms with van der Waals surface area (Å²) in [6, 6.07) is 0. The van der Waals surface area contributed by atoms with Crippen molar-refractivity contribution in [3.8, 4) is 0 Å². The van der Waals surface area contributed by atoms with E-state index < -0.39 is 0 Å². The Morgan fingerprint density at radius 2 is 2.05 bits per heavy atom. The van der Waals surface area contributed by atoms with Gasteiger partial charge in [-0.25, -0.2) is 0 Å². The molecule has 0 radical (unpaired) electrons. The number of piperazine rings is 1. The Kier molecular flexibility index (Phi) is 7.47. The van der Waals surface area contributed by atoms with Crippen molar-refractivity contribution in [2.24, 2.45) is 0 Å². The number of nitrogens with one attached hydrogen (secondary N) is 2. The second-order valence-electron chi connectivity index (χ2n) is 6.18. The van der Waals surface area contributed by atoms with Crippen LogP contribution in [-0.4, -0.2) is 62.3 Å². The first-order valence-electron chi connectivity index (χ1n) is 8.66. The molecule has 0 aromatic rings. The van der Waals surface area contributed by atoms with Gasteiger partial charge in [-0.05, 0) is 32.2 Å². The van der Waals surface area contributed by atoms with Crippen LogP contribution in [-0.2, 0) is 9.53 Å². The first-order chi connectivity index (χ1) is 10.3. The highest BCUT2D eigenvalue weighted by Crippen LogP contribution is 2.22. The summed E-state index contributed by atoms with van der Waals surface area (Å²) in [7, 11) is 0. The van der Waals surface area contributed by atoms with E-state index in [-0.39, 0.29) is 12.0 Å². The average Bonchev–Trinajstić information content (AvgIpc) is 3.03. The maximum absolute atomic E-state index is 12.2. The molecule has 5 heteroatoms. The van der Waals surface area contributed by atoms with Crippen molar-refractivity contribution < 1.29 is 9.53 Å². The molecule has 1 aliphatic carbocycles. The number of hydrogen-bond donors (Lipinski definition) is 2. The highest BCUT2D eigenvalue weighted by Gasteiger charge is 2.24. The Morgan fingerprint density at radius 1 is 1.33 bits per heavy atom. The SMILES string of the molecule is CCC(OC1CCCC1)C(=O)NCCCN1CCNCC1. The van der Waals surface area contributed by atoms with Crippen LogP contribution in [0.1, 0.15) is 45.4 Å². The van der Waals surface area contributed by atoms with E-state index in [1.807, 2.05) is 6.92 Å². The number of amides is 1. The highest BCUT2D eigenvalue weighted by atomic mass is 16.5. The smallest absolute Gasteiger partial charge is 0.249 e. The predicted octanol–water partition coefficient (Wildman–Crippen LogP) is 1.14. The van der Waals surface area contributed by atoms with Crippen LogP contribution < -0.4 is 10.6 Å². The van der Waals surface area contributed by atoms with Gasteiger partial charge in [0.1, 0.15) is 6.10 Å². The molecule has 122 valence electrons. The monoisotopic (exact) mass is 297 g/mol. The standard InChI is InChI=1S/C16H31N3O2/c1-2-15(21-14-6-3-4-7-14)16(20)18-8-5-11-19-12-9-17-10-13-19/h14-15,17H,2-13H2,1H3,(H,18,20). The molecule has 2 rings (SSSR count). The van der Waals surface area contributed by atoms with Crippen molar-refractivity contribution in [1.82, 2.24) is 15.5 Å². The number of ether oxygens (including phenoxy) is 1. The molecular weight excluding hydrogens is 266 g/mol. The van der Waals surface area contributed by atoms with E-state index in [9.17, 15) is 4.79 Å². The second-order valence-corrected chi connectivity index (χ2v) is 6.18. The molecule has 0 spiro atoms. The van der Waals surface area contributed by atoms with Crippen LogP contribution in [0.4, 0.5) is 0 Å². The minimum absolute atomic E-state index is 0.0738. The normalized spacial score (nSPS) is 22.3. The number of hydrogen-bond acceptors (Lipinski definition) is 4. The van der Waals surface area contributed by atoms with E-state index in [4.69, 9.17) is 4.74 Å². The molecule has 1 heterocycles. The zero-order chi connectivity index (χ0) is 14.9. The van der Waals surface area contributed by atoms with Crippen molar-refractivity contribution in [2.45, 2.75) is 57.7 Å². The van der Waals surface area contributed by atoms with Gasteiger partial charge in [-0.15, -0.1) is 0 Å². The molecule has 1 unspecified atom stereocenters. The first kappa shape index (κ1) is 16.7. The van der Waals surface area contributed by atoms with Crippen LogP contribution in [0, 0.1) is 0 Å². The summed E-state index contributed by atoms with van der Waals surface area (Å²) in [5, 5.41) is 6.39. The molecule has 1 aliphatic heterocycles. The molecule has 5 nitrogen and oxygen atoms in total. The molecule has 0 bridgehead atoms. The lowest BCUT2D eigenvalue weighted by Gasteiger charge is -2.27. The van der Waals surface area contributed by atoms with Crippen LogP contribution in [0.2, 0.25) is 0 Å². The van der Waals surface area contributed by atoms with E-state index in [1.165, 1.54) is 12.8 Å². The van der Waals surface area contributed by atoms with Crippen molar-refractivity contribution in [1.29, 1.82) is 0 Å². The third-order valence-electron chi connectivity index (χ3n) is 4.48. The molecule has 21 heavy (non-hydrogen) atoms. The van der Waals surface area contributed by atoms with Crippen LogP contribution in [0.5, 0.6) is 0 Å². The van der Waals surface area contributed by atoms with Gasteiger partial charge >= 0.3 is 0 Å². The fourth-order valence-corrected chi connectivity index (χ4v) is 3.16. The van der Waals surface area contributed by atoms with Crippen molar-refractivity contribution in [3.05, 3.63) is 0 Å². The van der Waals surface area contributed by atoms with Gasteiger partial charge < -0.3 is 20.3 Å². The first-order valence-corrected chi connectivity index (χ1v) is 8.66. The minimum Gasteiger partial charge on any atom is -0.365 e. The summed E-state index contributed by atoms with van der Waals surface area (Å²) in [5.41, 5.74) is 0. The van der Waals surface area contributed by atoms with Crippen LogP contribution >= 0.6 is 0 Å². The lowest BCUT2D eigenvalue weighted by Crippen LogP contribution is -2.44. The summed E-state index contributed by atoms with van der Waals surface area (Å²) in [5.74, 6) is 0.0738. The van der Waals surface area contributed by atoms with Crippen molar-refractivity contribution in [2.75, 3.05) is 39.3 Å². The maximum Gasteiger partial charge on any atom is 0.249 e. The molecule has 2 N–H and O–H groups in total. The van der Waals surface area contributed by atoms with E-state index in [2.05, 4.69) is 15.5 Å². The van der Waals surface area contributed by atoms with Crippen LogP contribution in [0.15, 0.2) is 0 Å². The molecule has 2 aliphatic rings. The maximum atomic E-state index is 12.2. The second kappa shape index (κ2) is 9.38. The molecule has 1 saturated carbocycles. The summed E-state index contributed by atoms with van der Waals surface area (Å²) >= 11 is 0.